The van der Waals surface area contributed by atoms with Crippen LogP contribution in [-0.4, -0.2) is 0 Å². The highest BCUT2D eigenvalue weighted by Crippen LogP contribution is 2.37. The van der Waals surface area contributed by atoms with Gasteiger partial charge in [-0.15, -0.1) is 0 Å². The van der Waals surface area contributed by atoms with Crippen LogP contribution in [0.15, 0.2) is 84.7 Å². The normalized spacial score (nSPS) is 12.4. The van der Waals surface area contributed by atoms with Crippen LogP contribution >= 0.6 is 0 Å². The van der Waals surface area contributed by atoms with Crippen LogP contribution in [0.3, 0.4) is 0 Å². The Morgan fingerprint density at radius 1 is 0.625 bits per heavy atom. The quantitative estimate of drug-likeness (QED) is 0.188. The number of hydrogen-bond donors (Lipinski definition) is 0. The molecule has 0 atom stereocenters. The molecule has 208 valence electrons. The summed E-state index contributed by atoms with van der Waals surface area (Å²) in [4.78, 5) is 0. The standard InChI is InChI=1S/C32H24F8/c1-2-3-26(33)31(37)22-12-8-20(9-13-22)5-4-19-6-10-21(11-7-19)23-14-15-25(27(34)16-23)24-17-28(35)30(29(36)18-24)32(38,39)40/h6-18H,2-5H2,1H3/b31-26+. The molecule has 4 aromatic rings. The zero-order valence-electron chi connectivity index (χ0n) is 21.4. The zero-order valence-corrected chi connectivity index (χ0v) is 21.4. The molecule has 0 nitrogen and oxygen atoms in total. The Labute approximate surface area is 226 Å². The lowest BCUT2D eigenvalue weighted by molar-refractivity contribution is -0.142. The molecule has 0 aromatic heterocycles. The maximum Gasteiger partial charge on any atom is 0.422 e. The fraction of sp³-hybridized carbons (Fsp3) is 0.188. The monoisotopic (exact) mass is 560 g/mol. The van der Waals surface area contributed by atoms with E-state index in [0.29, 0.717) is 42.5 Å². The van der Waals surface area contributed by atoms with Crippen LogP contribution in [0.25, 0.3) is 28.1 Å². The van der Waals surface area contributed by atoms with E-state index in [2.05, 4.69) is 0 Å². The fourth-order valence-corrected chi connectivity index (χ4v) is 4.38. The third-order valence-corrected chi connectivity index (χ3v) is 6.51. The topological polar surface area (TPSA) is 0 Å². The summed E-state index contributed by atoms with van der Waals surface area (Å²) in [6, 6.07) is 18.7. The van der Waals surface area contributed by atoms with Crippen molar-refractivity contribution in [3.05, 3.63) is 124 Å². The number of hydrogen-bond acceptors (Lipinski definition) is 0. The van der Waals surface area contributed by atoms with Gasteiger partial charge in [-0.2, -0.15) is 13.2 Å². The lowest BCUT2D eigenvalue weighted by atomic mass is 9.97. The van der Waals surface area contributed by atoms with Crippen molar-refractivity contribution in [3.63, 3.8) is 0 Å². The molecule has 0 unspecified atom stereocenters. The molecule has 0 aliphatic carbocycles. The lowest BCUT2D eigenvalue weighted by Crippen LogP contribution is -2.11. The van der Waals surface area contributed by atoms with Crippen LogP contribution in [0.2, 0.25) is 0 Å². The Morgan fingerprint density at radius 2 is 1.12 bits per heavy atom. The largest absolute Gasteiger partial charge is 0.422 e. The van der Waals surface area contributed by atoms with E-state index in [4.69, 9.17) is 0 Å². The van der Waals surface area contributed by atoms with E-state index < -0.39 is 40.8 Å². The molecule has 4 rings (SSSR count). The van der Waals surface area contributed by atoms with Crippen LogP contribution in [0.1, 0.15) is 42.0 Å². The van der Waals surface area contributed by atoms with Crippen molar-refractivity contribution in [1.82, 2.24) is 0 Å². The van der Waals surface area contributed by atoms with Crippen LogP contribution in [0.5, 0.6) is 0 Å². The van der Waals surface area contributed by atoms with E-state index in [-0.39, 0.29) is 23.1 Å². The molecule has 0 fully saturated rings. The summed E-state index contributed by atoms with van der Waals surface area (Å²) in [7, 11) is 0. The molecule has 0 bridgehead atoms. The number of alkyl halides is 3. The van der Waals surface area contributed by atoms with Crippen molar-refractivity contribution in [3.8, 4) is 22.3 Å². The molecule has 0 spiro atoms. The first-order valence-corrected chi connectivity index (χ1v) is 12.6. The van der Waals surface area contributed by atoms with Crippen molar-refractivity contribution in [2.24, 2.45) is 0 Å². The Hall–Kier alpha value is -3.94. The third kappa shape index (κ3) is 6.61. The van der Waals surface area contributed by atoms with E-state index in [1.165, 1.54) is 12.1 Å². The van der Waals surface area contributed by atoms with Gasteiger partial charge in [0.2, 0.25) is 0 Å². The van der Waals surface area contributed by atoms with Crippen LogP contribution in [0.4, 0.5) is 35.1 Å². The van der Waals surface area contributed by atoms with E-state index in [1.807, 2.05) is 12.1 Å². The van der Waals surface area contributed by atoms with Gasteiger partial charge >= 0.3 is 6.18 Å². The number of aryl methyl sites for hydroxylation is 2. The molecule has 0 radical (unpaired) electrons. The zero-order chi connectivity index (χ0) is 29.0. The maximum absolute atomic E-state index is 14.9. The molecule has 0 aliphatic heterocycles. The average Bonchev–Trinajstić information content (AvgIpc) is 2.91. The highest BCUT2D eigenvalue weighted by molar-refractivity contribution is 5.71. The summed E-state index contributed by atoms with van der Waals surface area (Å²) >= 11 is 0. The van der Waals surface area contributed by atoms with Gasteiger partial charge in [-0.05, 0) is 65.3 Å². The van der Waals surface area contributed by atoms with Crippen molar-refractivity contribution >= 4 is 5.83 Å². The average molecular weight is 561 g/mol. The summed E-state index contributed by atoms with van der Waals surface area (Å²) < 4.78 is 109. The maximum atomic E-state index is 14.9. The van der Waals surface area contributed by atoms with Crippen LogP contribution < -0.4 is 0 Å². The number of halogens is 8. The van der Waals surface area contributed by atoms with Crippen molar-refractivity contribution in [2.75, 3.05) is 0 Å². The number of rotatable bonds is 8. The minimum absolute atomic E-state index is 0.0550. The first-order valence-electron chi connectivity index (χ1n) is 12.6. The van der Waals surface area contributed by atoms with E-state index in [0.717, 1.165) is 17.2 Å². The molecule has 4 aromatic carbocycles. The molecular formula is C32H24F8. The number of benzene rings is 4. The SMILES string of the molecule is CCC/C(F)=C(\F)c1ccc(CCc2ccc(-c3ccc(-c4cc(F)c(C(F)(F)F)c(F)c4)c(F)c3)cc2)cc1. The smallest absolute Gasteiger partial charge is 0.209 e. The molecule has 0 heterocycles. The molecular weight excluding hydrogens is 536 g/mol. The van der Waals surface area contributed by atoms with E-state index in [9.17, 15) is 35.1 Å². The summed E-state index contributed by atoms with van der Waals surface area (Å²) in [6.07, 6.45) is -3.31. The second-order valence-electron chi connectivity index (χ2n) is 9.37. The summed E-state index contributed by atoms with van der Waals surface area (Å²) in [5.41, 5.74) is 0.675. The highest BCUT2D eigenvalue weighted by Gasteiger charge is 2.38. The Balaban J connectivity index is 1.44. The third-order valence-electron chi connectivity index (χ3n) is 6.51. The molecule has 8 heteroatoms. The highest BCUT2D eigenvalue weighted by atomic mass is 19.4. The minimum Gasteiger partial charge on any atom is -0.209 e. The van der Waals surface area contributed by atoms with Gasteiger partial charge in [0.05, 0.1) is 0 Å². The van der Waals surface area contributed by atoms with Crippen LogP contribution in [-0.2, 0) is 19.0 Å². The second-order valence-corrected chi connectivity index (χ2v) is 9.37. The molecule has 0 saturated heterocycles. The van der Waals surface area contributed by atoms with Gasteiger partial charge in [0.15, 0.2) is 5.83 Å². The van der Waals surface area contributed by atoms with Crippen molar-refractivity contribution in [2.45, 2.75) is 38.8 Å². The molecule has 0 saturated carbocycles. The first kappa shape index (κ1) is 29.1. The first-order chi connectivity index (χ1) is 19.0. The molecule has 0 amide bonds. The van der Waals surface area contributed by atoms with E-state index >= 15 is 0 Å². The fourth-order valence-electron chi connectivity index (χ4n) is 4.38. The van der Waals surface area contributed by atoms with Gasteiger partial charge in [-0.1, -0.05) is 67.6 Å². The minimum atomic E-state index is -5.21. The Morgan fingerprint density at radius 3 is 1.62 bits per heavy atom. The molecule has 0 N–H and O–H groups in total. The Kier molecular flexibility index (Phi) is 8.76. The van der Waals surface area contributed by atoms with E-state index in [1.54, 1.807) is 43.3 Å². The van der Waals surface area contributed by atoms with Gasteiger partial charge in [0, 0.05) is 17.5 Å². The lowest BCUT2D eigenvalue weighted by Gasteiger charge is -2.12. The summed E-state index contributed by atoms with van der Waals surface area (Å²) in [5, 5.41) is 0. The van der Waals surface area contributed by atoms with Gasteiger partial charge in [-0.3, -0.25) is 0 Å². The second kappa shape index (κ2) is 12.1. The van der Waals surface area contributed by atoms with Gasteiger partial charge < -0.3 is 0 Å². The Bertz CT molecular complexity index is 1490. The molecule has 40 heavy (non-hydrogen) atoms. The van der Waals surface area contributed by atoms with Crippen LogP contribution in [0, 0.1) is 17.5 Å². The predicted octanol–water partition coefficient (Wildman–Crippen LogP) is 10.6. The summed E-state index contributed by atoms with van der Waals surface area (Å²) in [6.45, 7) is 1.77. The summed E-state index contributed by atoms with van der Waals surface area (Å²) in [5.74, 6) is -6.08. The predicted molar refractivity (Wildman–Crippen MR) is 140 cm³/mol. The van der Waals surface area contributed by atoms with Crippen molar-refractivity contribution < 1.29 is 35.1 Å². The van der Waals surface area contributed by atoms with Crippen molar-refractivity contribution in [1.29, 1.82) is 0 Å². The van der Waals surface area contributed by atoms with Gasteiger partial charge in [0.1, 0.15) is 28.8 Å². The van der Waals surface area contributed by atoms with Gasteiger partial charge in [-0.25, -0.2) is 22.0 Å². The number of allylic oxidation sites excluding steroid dienone is 1. The molecule has 0 aliphatic rings. The van der Waals surface area contributed by atoms with Gasteiger partial charge in [0.25, 0.3) is 0 Å².